The first-order valence-corrected chi connectivity index (χ1v) is 9.10. The Balaban J connectivity index is 2.57. The van der Waals surface area contributed by atoms with Gasteiger partial charge >= 0.3 is 0 Å². The predicted molar refractivity (Wildman–Crippen MR) is 73.8 cm³/mol. The Hall–Kier alpha value is -1.18. The standard InChI is InChI=1S/C12H15NO4S2/c1-2-18(14,15)8-10-6-11-9(7-13)4-3-5-12(11)19(10,16)17/h3-6H,2,7-8,13H2,1H3. The summed E-state index contributed by atoms with van der Waals surface area (Å²) >= 11 is 0. The molecule has 7 heteroatoms. The number of hydrogen-bond donors (Lipinski definition) is 1. The zero-order chi connectivity index (χ0) is 14.3. The van der Waals surface area contributed by atoms with E-state index in [0.29, 0.717) is 11.1 Å². The molecule has 0 aliphatic carbocycles. The van der Waals surface area contributed by atoms with Crippen molar-refractivity contribution in [3.8, 4) is 0 Å². The summed E-state index contributed by atoms with van der Waals surface area (Å²) in [5.74, 6) is -0.537. The van der Waals surface area contributed by atoms with E-state index in [9.17, 15) is 16.8 Å². The molecule has 0 bridgehead atoms. The highest BCUT2D eigenvalue weighted by atomic mass is 32.2. The molecule has 0 aromatic heterocycles. The van der Waals surface area contributed by atoms with E-state index in [-0.39, 0.29) is 22.1 Å². The van der Waals surface area contributed by atoms with Crippen molar-refractivity contribution in [1.29, 1.82) is 0 Å². The molecule has 0 saturated carbocycles. The van der Waals surface area contributed by atoms with Crippen molar-refractivity contribution < 1.29 is 16.8 Å². The highest BCUT2D eigenvalue weighted by Crippen LogP contribution is 2.35. The topological polar surface area (TPSA) is 94.3 Å². The minimum atomic E-state index is -3.70. The maximum absolute atomic E-state index is 12.3. The van der Waals surface area contributed by atoms with Gasteiger partial charge in [-0.1, -0.05) is 19.1 Å². The summed E-state index contributed by atoms with van der Waals surface area (Å²) in [7, 11) is -7.09. The summed E-state index contributed by atoms with van der Waals surface area (Å²) in [6.45, 7) is 1.71. The monoisotopic (exact) mass is 301 g/mol. The molecule has 104 valence electrons. The molecule has 1 aromatic rings. The molecule has 2 rings (SSSR count). The fourth-order valence-corrected chi connectivity index (χ4v) is 5.16. The summed E-state index contributed by atoms with van der Waals surface area (Å²) in [4.78, 5) is 0.0852. The van der Waals surface area contributed by atoms with Crippen LogP contribution in [0, 0.1) is 0 Å². The van der Waals surface area contributed by atoms with Gasteiger partial charge in [0.25, 0.3) is 0 Å². The van der Waals surface area contributed by atoms with Crippen LogP contribution in [0.3, 0.4) is 0 Å². The van der Waals surface area contributed by atoms with Gasteiger partial charge in [0.1, 0.15) is 0 Å². The first-order chi connectivity index (χ1) is 8.81. The van der Waals surface area contributed by atoms with E-state index < -0.39 is 25.4 Å². The summed E-state index contributed by atoms with van der Waals surface area (Å²) in [6, 6.07) is 4.83. The number of hydrogen-bond acceptors (Lipinski definition) is 5. The van der Waals surface area contributed by atoms with Gasteiger partial charge < -0.3 is 5.73 Å². The summed E-state index contributed by atoms with van der Waals surface area (Å²) in [5.41, 5.74) is 6.79. The van der Waals surface area contributed by atoms with E-state index in [1.807, 2.05) is 0 Å². The second kappa shape index (κ2) is 4.73. The second-order valence-corrected chi connectivity index (χ2v) is 8.65. The van der Waals surface area contributed by atoms with Crippen molar-refractivity contribution in [2.75, 3.05) is 11.5 Å². The van der Waals surface area contributed by atoms with Crippen molar-refractivity contribution in [3.63, 3.8) is 0 Å². The number of rotatable bonds is 4. The van der Waals surface area contributed by atoms with Crippen molar-refractivity contribution in [2.45, 2.75) is 18.4 Å². The van der Waals surface area contributed by atoms with Crippen LogP contribution in [0.1, 0.15) is 18.1 Å². The van der Waals surface area contributed by atoms with E-state index in [1.54, 1.807) is 12.1 Å². The molecule has 0 atom stereocenters. The lowest BCUT2D eigenvalue weighted by molar-refractivity contribution is 0.594. The lowest BCUT2D eigenvalue weighted by Crippen LogP contribution is -2.14. The van der Waals surface area contributed by atoms with E-state index in [1.165, 1.54) is 19.1 Å². The van der Waals surface area contributed by atoms with Crippen molar-refractivity contribution >= 4 is 25.8 Å². The van der Waals surface area contributed by atoms with Crippen LogP contribution in [-0.4, -0.2) is 28.3 Å². The molecule has 2 N–H and O–H groups in total. The molecule has 1 aliphatic heterocycles. The summed E-state index contributed by atoms with van der Waals surface area (Å²) in [6.07, 6.45) is 1.43. The van der Waals surface area contributed by atoms with Crippen LogP contribution in [0.2, 0.25) is 0 Å². The number of sulfone groups is 2. The van der Waals surface area contributed by atoms with Crippen molar-refractivity contribution in [3.05, 3.63) is 34.2 Å². The molecule has 19 heavy (non-hydrogen) atoms. The maximum atomic E-state index is 12.3. The third-order valence-electron chi connectivity index (χ3n) is 3.12. The van der Waals surface area contributed by atoms with Gasteiger partial charge in [-0.15, -0.1) is 0 Å². The van der Waals surface area contributed by atoms with E-state index in [0.717, 1.165) is 0 Å². The number of nitrogens with two attached hydrogens (primary N) is 1. The molecule has 1 aromatic carbocycles. The molecule has 5 nitrogen and oxygen atoms in total. The normalized spacial score (nSPS) is 17.1. The Morgan fingerprint density at radius 3 is 2.53 bits per heavy atom. The highest BCUT2D eigenvalue weighted by Gasteiger charge is 2.32. The smallest absolute Gasteiger partial charge is 0.204 e. The van der Waals surface area contributed by atoms with Crippen LogP contribution in [-0.2, 0) is 26.2 Å². The van der Waals surface area contributed by atoms with Gasteiger partial charge in [0.15, 0.2) is 9.84 Å². The van der Waals surface area contributed by atoms with Crippen molar-refractivity contribution in [1.82, 2.24) is 0 Å². The fourth-order valence-electron chi connectivity index (χ4n) is 1.98. The lowest BCUT2D eigenvalue weighted by atomic mass is 10.1. The van der Waals surface area contributed by atoms with Crippen LogP contribution in [0.4, 0.5) is 0 Å². The number of fused-ring (bicyclic) bond motifs is 1. The van der Waals surface area contributed by atoms with Gasteiger partial charge in [-0.25, -0.2) is 16.8 Å². The Labute approximate surface area is 113 Å². The van der Waals surface area contributed by atoms with Crippen LogP contribution >= 0.6 is 0 Å². The first kappa shape index (κ1) is 14.2. The highest BCUT2D eigenvalue weighted by molar-refractivity contribution is 7.98. The SMILES string of the molecule is CCS(=O)(=O)CC1=Cc2c(CN)cccc2S1(=O)=O. The molecule has 0 spiro atoms. The maximum Gasteiger partial charge on any atom is 0.204 e. The van der Waals surface area contributed by atoms with Gasteiger partial charge in [-0.2, -0.15) is 0 Å². The second-order valence-electron chi connectivity index (χ2n) is 4.32. The lowest BCUT2D eigenvalue weighted by Gasteiger charge is -2.05. The largest absolute Gasteiger partial charge is 0.326 e. The summed E-state index contributed by atoms with van der Waals surface area (Å²) < 4.78 is 47.8. The molecule has 0 amide bonds. The van der Waals surface area contributed by atoms with Gasteiger partial charge in [-0.3, -0.25) is 0 Å². The zero-order valence-corrected chi connectivity index (χ0v) is 12.1. The zero-order valence-electron chi connectivity index (χ0n) is 10.5. The molecule has 0 radical (unpaired) electrons. The Kier molecular flexibility index (Phi) is 3.55. The third-order valence-corrected chi connectivity index (χ3v) is 6.82. The third kappa shape index (κ3) is 2.45. The minimum absolute atomic E-state index is 0.0646. The van der Waals surface area contributed by atoms with Gasteiger partial charge in [-0.05, 0) is 23.3 Å². The average Bonchev–Trinajstić information content (AvgIpc) is 2.61. The Morgan fingerprint density at radius 2 is 1.95 bits per heavy atom. The van der Waals surface area contributed by atoms with E-state index >= 15 is 0 Å². The fraction of sp³-hybridized carbons (Fsp3) is 0.333. The minimum Gasteiger partial charge on any atom is -0.326 e. The molecular weight excluding hydrogens is 286 g/mol. The van der Waals surface area contributed by atoms with Gasteiger partial charge in [0.2, 0.25) is 9.84 Å². The summed E-state index contributed by atoms with van der Waals surface area (Å²) in [5, 5.41) is 0. The van der Waals surface area contributed by atoms with Gasteiger partial charge in [0.05, 0.1) is 15.6 Å². The Bertz CT molecular complexity index is 746. The van der Waals surface area contributed by atoms with Crippen LogP contribution in [0.25, 0.3) is 6.08 Å². The van der Waals surface area contributed by atoms with Crippen LogP contribution in [0.5, 0.6) is 0 Å². The van der Waals surface area contributed by atoms with Crippen molar-refractivity contribution in [2.24, 2.45) is 5.73 Å². The average molecular weight is 301 g/mol. The molecule has 0 saturated heterocycles. The predicted octanol–water partition coefficient (Wildman–Crippen LogP) is 0.708. The molecule has 1 aliphatic rings. The number of benzene rings is 1. The van der Waals surface area contributed by atoms with Gasteiger partial charge in [0, 0.05) is 12.3 Å². The molecule has 0 unspecified atom stereocenters. The van der Waals surface area contributed by atoms with E-state index in [4.69, 9.17) is 5.73 Å². The van der Waals surface area contributed by atoms with Crippen LogP contribution < -0.4 is 5.73 Å². The quantitative estimate of drug-likeness (QED) is 0.883. The Morgan fingerprint density at radius 1 is 1.26 bits per heavy atom. The van der Waals surface area contributed by atoms with Crippen LogP contribution in [0.15, 0.2) is 28.0 Å². The van der Waals surface area contributed by atoms with E-state index in [2.05, 4.69) is 0 Å². The molecular formula is C12H15NO4S2. The molecule has 0 fully saturated rings. The molecule has 1 heterocycles. The first-order valence-electron chi connectivity index (χ1n) is 5.80.